The number of ether oxygens (including phenoxy) is 2. The van der Waals surface area contributed by atoms with Gasteiger partial charge in [-0.15, -0.1) is 0 Å². The molecule has 3 atom stereocenters. The molecule has 0 aromatic rings. The molecular formula is C43H74NO10P. The van der Waals surface area contributed by atoms with Crippen molar-refractivity contribution in [2.24, 2.45) is 5.73 Å². The largest absolute Gasteiger partial charge is 0.480 e. The van der Waals surface area contributed by atoms with Crippen molar-refractivity contribution < 1.29 is 47.5 Å². The molecule has 316 valence electrons. The number of hydrogen-bond donors (Lipinski definition) is 3. The summed E-state index contributed by atoms with van der Waals surface area (Å²) in [5.74, 6) is -2.47. The van der Waals surface area contributed by atoms with Crippen LogP contribution in [0, 0.1) is 0 Å². The Morgan fingerprint density at radius 1 is 0.564 bits per heavy atom. The Balaban J connectivity index is 4.51. The van der Waals surface area contributed by atoms with Crippen LogP contribution in [0.15, 0.2) is 60.8 Å². The minimum absolute atomic E-state index is 0.137. The maximum Gasteiger partial charge on any atom is 0.472 e. The van der Waals surface area contributed by atoms with E-state index in [0.717, 1.165) is 64.2 Å². The Labute approximate surface area is 332 Å². The number of carbonyl (C=O) groups excluding carboxylic acids is 2. The predicted octanol–water partition coefficient (Wildman–Crippen LogP) is 10.8. The van der Waals surface area contributed by atoms with E-state index in [4.69, 9.17) is 24.8 Å². The summed E-state index contributed by atoms with van der Waals surface area (Å²) in [6, 6.07) is -1.53. The third kappa shape index (κ3) is 37.9. The molecule has 11 nitrogen and oxygen atoms in total. The maximum atomic E-state index is 12.6. The van der Waals surface area contributed by atoms with Crippen LogP contribution < -0.4 is 5.73 Å². The molecule has 1 unspecified atom stereocenters. The van der Waals surface area contributed by atoms with Crippen LogP contribution in [-0.4, -0.2) is 59.9 Å². The number of carbonyl (C=O) groups is 3. The van der Waals surface area contributed by atoms with Crippen molar-refractivity contribution in [2.45, 2.75) is 174 Å². The number of nitrogens with two attached hydrogens (primary N) is 1. The summed E-state index contributed by atoms with van der Waals surface area (Å²) in [6.07, 6.45) is 42.9. The third-order valence-electron chi connectivity index (χ3n) is 8.49. The van der Waals surface area contributed by atoms with E-state index >= 15 is 0 Å². The molecule has 0 saturated heterocycles. The Kier molecular flexibility index (Phi) is 36.1. The minimum atomic E-state index is -4.73. The number of phosphoric acid groups is 1. The van der Waals surface area contributed by atoms with Gasteiger partial charge in [0.25, 0.3) is 0 Å². The summed E-state index contributed by atoms with van der Waals surface area (Å²) >= 11 is 0. The van der Waals surface area contributed by atoms with Crippen LogP contribution >= 0.6 is 7.82 Å². The first-order valence-corrected chi connectivity index (χ1v) is 22.3. The number of carboxylic acids is 1. The molecular weight excluding hydrogens is 721 g/mol. The van der Waals surface area contributed by atoms with Crippen molar-refractivity contribution in [3.63, 3.8) is 0 Å². The Bertz CT molecular complexity index is 1170. The predicted molar refractivity (Wildman–Crippen MR) is 221 cm³/mol. The molecule has 12 heteroatoms. The Morgan fingerprint density at radius 3 is 1.55 bits per heavy atom. The lowest BCUT2D eigenvalue weighted by Crippen LogP contribution is -2.34. The summed E-state index contributed by atoms with van der Waals surface area (Å²) < 4.78 is 32.6. The van der Waals surface area contributed by atoms with Gasteiger partial charge in [0.05, 0.1) is 13.2 Å². The Morgan fingerprint density at radius 2 is 0.982 bits per heavy atom. The van der Waals surface area contributed by atoms with Crippen molar-refractivity contribution in [3.05, 3.63) is 60.8 Å². The summed E-state index contributed by atoms with van der Waals surface area (Å²) in [4.78, 5) is 45.8. The molecule has 55 heavy (non-hydrogen) atoms. The van der Waals surface area contributed by atoms with Gasteiger partial charge in [0.1, 0.15) is 12.6 Å². The van der Waals surface area contributed by atoms with Crippen molar-refractivity contribution >= 4 is 25.7 Å². The average molecular weight is 796 g/mol. The lowest BCUT2D eigenvalue weighted by molar-refractivity contribution is -0.161. The van der Waals surface area contributed by atoms with Gasteiger partial charge in [-0.1, -0.05) is 132 Å². The summed E-state index contributed by atoms with van der Waals surface area (Å²) in [5.41, 5.74) is 5.32. The van der Waals surface area contributed by atoms with Crippen LogP contribution in [0.4, 0.5) is 0 Å². The molecule has 0 aliphatic heterocycles. The van der Waals surface area contributed by atoms with Gasteiger partial charge < -0.3 is 25.2 Å². The molecule has 0 saturated carbocycles. The zero-order chi connectivity index (χ0) is 40.7. The lowest BCUT2D eigenvalue weighted by atomic mass is 10.1. The van der Waals surface area contributed by atoms with Crippen LogP contribution in [0.1, 0.15) is 162 Å². The highest BCUT2D eigenvalue weighted by Gasteiger charge is 2.28. The number of rotatable bonds is 38. The number of phosphoric ester groups is 1. The van der Waals surface area contributed by atoms with Gasteiger partial charge in [0, 0.05) is 12.8 Å². The molecule has 0 aliphatic carbocycles. The lowest BCUT2D eigenvalue weighted by Gasteiger charge is -2.20. The van der Waals surface area contributed by atoms with E-state index in [1.165, 1.54) is 51.4 Å². The number of aliphatic carboxylic acids is 1. The zero-order valence-corrected chi connectivity index (χ0v) is 34.9. The van der Waals surface area contributed by atoms with E-state index in [1.54, 1.807) is 0 Å². The van der Waals surface area contributed by atoms with Gasteiger partial charge in [-0.2, -0.15) is 0 Å². The molecule has 0 aromatic carbocycles. The molecule has 0 amide bonds. The maximum absolute atomic E-state index is 12.6. The fourth-order valence-electron chi connectivity index (χ4n) is 5.17. The second-order valence-corrected chi connectivity index (χ2v) is 15.2. The molecule has 0 bridgehead atoms. The summed E-state index contributed by atoms with van der Waals surface area (Å²) in [5, 5.41) is 8.87. The van der Waals surface area contributed by atoms with Gasteiger partial charge in [-0.25, -0.2) is 4.57 Å². The molecule has 4 N–H and O–H groups in total. The van der Waals surface area contributed by atoms with Gasteiger partial charge in [-0.3, -0.25) is 23.4 Å². The molecule has 0 aliphatic rings. The first-order chi connectivity index (χ1) is 26.6. The third-order valence-corrected chi connectivity index (χ3v) is 9.44. The summed E-state index contributed by atoms with van der Waals surface area (Å²) in [6.45, 7) is 2.68. The standard InChI is InChI=1S/C43H74NO10P/c1-3-5-7-9-11-13-15-17-19-20-21-23-24-26-28-30-32-34-41(45)51-36-39(37-52-55(49,50)53-38-40(44)43(47)48)54-42(46)35-33-31-29-27-25-22-18-16-14-12-10-8-6-4-2/h11,13,16-19,21,23,26,28,39-40H,3-10,12,14-15,20,22,24-25,27,29-38,44H2,1-2H3,(H,47,48)(H,49,50)/b13-11+,18-16+,19-17+,23-21+,28-26+/t39-,40+/m1/s1. The van der Waals surface area contributed by atoms with Crippen LogP contribution in [-0.2, 0) is 37.5 Å². The smallest absolute Gasteiger partial charge is 0.472 e. The van der Waals surface area contributed by atoms with Crippen molar-refractivity contribution in [1.29, 1.82) is 0 Å². The number of allylic oxidation sites excluding steroid dienone is 10. The second-order valence-electron chi connectivity index (χ2n) is 13.8. The molecule has 0 fully saturated rings. The van der Waals surface area contributed by atoms with Gasteiger partial charge in [0.15, 0.2) is 6.10 Å². The second kappa shape index (κ2) is 38.1. The topological polar surface area (TPSA) is 172 Å². The number of carboxylic acid groups (broad SMARTS) is 1. The average Bonchev–Trinajstić information content (AvgIpc) is 3.16. The molecule has 0 spiro atoms. The SMILES string of the molecule is CCCCC/C=C/C/C=C/C/C=C/C/C=C/CCCC(=O)OC[C@H](COP(=O)(O)OC[C@H](N)C(=O)O)OC(=O)CCCCCCC/C=C/CCCCCCC. The molecule has 0 rings (SSSR count). The molecule has 0 aromatic heterocycles. The van der Waals surface area contributed by atoms with Crippen molar-refractivity contribution in [3.8, 4) is 0 Å². The van der Waals surface area contributed by atoms with E-state index in [2.05, 4.69) is 67.0 Å². The van der Waals surface area contributed by atoms with E-state index in [0.29, 0.717) is 19.3 Å². The number of unbranched alkanes of at least 4 members (excludes halogenated alkanes) is 14. The minimum Gasteiger partial charge on any atom is -0.480 e. The fourth-order valence-corrected chi connectivity index (χ4v) is 5.95. The van der Waals surface area contributed by atoms with Gasteiger partial charge in [0.2, 0.25) is 0 Å². The van der Waals surface area contributed by atoms with Crippen LogP contribution in [0.5, 0.6) is 0 Å². The quantitative estimate of drug-likeness (QED) is 0.0235. The number of esters is 2. The van der Waals surface area contributed by atoms with E-state index in [9.17, 15) is 23.8 Å². The van der Waals surface area contributed by atoms with Crippen LogP contribution in [0.25, 0.3) is 0 Å². The first kappa shape index (κ1) is 52.2. The van der Waals surface area contributed by atoms with Crippen LogP contribution in [0.3, 0.4) is 0 Å². The van der Waals surface area contributed by atoms with Gasteiger partial charge >= 0.3 is 25.7 Å². The van der Waals surface area contributed by atoms with E-state index in [1.807, 2.05) is 12.2 Å². The monoisotopic (exact) mass is 796 g/mol. The number of hydrogen-bond acceptors (Lipinski definition) is 9. The van der Waals surface area contributed by atoms with Crippen LogP contribution in [0.2, 0.25) is 0 Å². The fraction of sp³-hybridized carbons (Fsp3) is 0.698. The highest BCUT2D eigenvalue weighted by molar-refractivity contribution is 7.47. The normalized spacial score (nSPS) is 14.4. The van der Waals surface area contributed by atoms with Crippen molar-refractivity contribution in [1.82, 2.24) is 0 Å². The molecule has 0 radical (unpaired) electrons. The highest BCUT2D eigenvalue weighted by atomic mass is 31.2. The van der Waals surface area contributed by atoms with E-state index < -0.39 is 51.1 Å². The molecule has 0 heterocycles. The van der Waals surface area contributed by atoms with Crippen molar-refractivity contribution in [2.75, 3.05) is 19.8 Å². The van der Waals surface area contributed by atoms with E-state index in [-0.39, 0.29) is 19.4 Å². The zero-order valence-electron chi connectivity index (χ0n) is 34.0. The van der Waals surface area contributed by atoms with Gasteiger partial charge in [-0.05, 0) is 77.0 Å². The summed E-state index contributed by atoms with van der Waals surface area (Å²) in [7, 11) is -4.73. The highest BCUT2D eigenvalue weighted by Crippen LogP contribution is 2.43. The Hall–Kier alpha value is -2.82. The first-order valence-electron chi connectivity index (χ1n) is 20.8.